The maximum atomic E-state index is 11.9. The van der Waals surface area contributed by atoms with E-state index in [0.29, 0.717) is 19.3 Å². The van der Waals surface area contributed by atoms with Crippen molar-refractivity contribution in [2.75, 3.05) is 0 Å². The summed E-state index contributed by atoms with van der Waals surface area (Å²) in [6.07, 6.45) is 0.855. The molecule has 2 rings (SSSR count). The predicted octanol–water partition coefficient (Wildman–Crippen LogP) is 2.63. The Balaban J connectivity index is 1.75. The van der Waals surface area contributed by atoms with Gasteiger partial charge in [-0.25, -0.2) is 0 Å². The van der Waals surface area contributed by atoms with Crippen molar-refractivity contribution in [1.29, 1.82) is 0 Å². The van der Waals surface area contributed by atoms with Gasteiger partial charge in [0.05, 0.1) is 12.1 Å². The van der Waals surface area contributed by atoms with Gasteiger partial charge < -0.3 is 14.8 Å². The lowest BCUT2D eigenvalue weighted by atomic mass is 10.0. The number of aliphatic hydroxyl groups is 1. The molecule has 0 aliphatic carbocycles. The molecule has 1 aromatic carbocycles. The number of benzene rings is 1. The second-order valence-electron chi connectivity index (χ2n) is 5.63. The Morgan fingerprint density at radius 2 is 1.95 bits per heavy atom. The van der Waals surface area contributed by atoms with Gasteiger partial charge in [0.25, 0.3) is 0 Å². The fraction of sp³-hybridized carbons (Fsp3) is 0.389. The Morgan fingerprint density at radius 3 is 2.59 bits per heavy atom. The molecule has 4 nitrogen and oxygen atoms in total. The third-order valence-corrected chi connectivity index (χ3v) is 3.65. The van der Waals surface area contributed by atoms with Crippen molar-refractivity contribution in [1.82, 2.24) is 5.32 Å². The fourth-order valence-corrected chi connectivity index (χ4v) is 2.31. The second-order valence-corrected chi connectivity index (χ2v) is 5.63. The largest absolute Gasteiger partial charge is 0.466 e. The Labute approximate surface area is 131 Å². The monoisotopic (exact) mass is 301 g/mol. The number of furan rings is 1. The van der Waals surface area contributed by atoms with Crippen LogP contribution >= 0.6 is 0 Å². The molecule has 1 heterocycles. The smallest absolute Gasteiger partial charge is 0.220 e. The highest BCUT2D eigenvalue weighted by Gasteiger charge is 2.17. The number of aryl methyl sites for hydroxylation is 2. The molecule has 1 aromatic heterocycles. The van der Waals surface area contributed by atoms with E-state index in [4.69, 9.17) is 4.42 Å². The fourth-order valence-electron chi connectivity index (χ4n) is 2.31. The minimum atomic E-state index is -0.600. The van der Waals surface area contributed by atoms with Crippen LogP contribution in [0.4, 0.5) is 0 Å². The standard InChI is InChI=1S/C18H23NO3/c1-13-8-9-16(22-13)10-11-18(21)19-14(2)17(20)12-15-6-4-3-5-7-15/h3-9,14,17,20H,10-12H2,1-2H3,(H,19,21). The molecule has 4 heteroatoms. The van der Waals surface area contributed by atoms with Gasteiger partial charge in [0.1, 0.15) is 11.5 Å². The Bertz CT molecular complexity index is 591. The summed E-state index contributed by atoms with van der Waals surface area (Å²) in [5.74, 6) is 1.58. The number of aliphatic hydroxyl groups excluding tert-OH is 1. The maximum Gasteiger partial charge on any atom is 0.220 e. The average Bonchev–Trinajstić information content (AvgIpc) is 2.92. The highest BCUT2D eigenvalue weighted by atomic mass is 16.3. The molecule has 0 fully saturated rings. The summed E-state index contributed by atoms with van der Waals surface area (Å²) in [4.78, 5) is 11.9. The van der Waals surface area contributed by atoms with E-state index in [-0.39, 0.29) is 11.9 Å². The van der Waals surface area contributed by atoms with Crippen molar-refractivity contribution in [3.05, 3.63) is 59.5 Å². The molecule has 1 amide bonds. The summed E-state index contributed by atoms with van der Waals surface area (Å²) in [7, 11) is 0. The van der Waals surface area contributed by atoms with E-state index in [9.17, 15) is 9.90 Å². The summed E-state index contributed by atoms with van der Waals surface area (Å²) >= 11 is 0. The molecule has 0 bridgehead atoms. The van der Waals surface area contributed by atoms with E-state index in [2.05, 4.69) is 5.32 Å². The summed E-state index contributed by atoms with van der Waals surface area (Å²) in [5, 5.41) is 13.0. The number of hydrogen-bond donors (Lipinski definition) is 2. The van der Waals surface area contributed by atoms with Crippen molar-refractivity contribution in [2.24, 2.45) is 0 Å². The molecule has 2 unspecified atom stereocenters. The van der Waals surface area contributed by atoms with Crippen LogP contribution in [-0.4, -0.2) is 23.2 Å². The molecule has 2 N–H and O–H groups in total. The molecule has 118 valence electrons. The Kier molecular flexibility index (Phi) is 5.78. The first-order valence-electron chi connectivity index (χ1n) is 7.61. The normalized spacial score (nSPS) is 13.6. The molecule has 0 spiro atoms. The van der Waals surface area contributed by atoms with E-state index in [1.165, 1.54) is 0 Å². The lowest BCUT2D eigenvalue weighted by Gasteiger charge is -2.20. The van der Waals surface area contributed by atoms with Crippen LogP contribution in [0.5, 0.6) is 0 Å². The van der Waals surface area contributed by atoms with Crippen LogP contribution in [-0.2, 0) is 17.6 Å². The van der Waals surface area contributed by atoms with Crippen molar-refractivity contribution in [3.8, 4) is 0 Å². The number of nitrogens with one attached hydrogen (secondary N) is 1. The van der Waals surface area contributed by atoms with Crippen LogP contribution < -0.4 is 5.32 Å². The summed E-state index contributed by atoms with van der Waals surface area (Å²) in [5.41, 5.74) is 1.06. The first-order chi connectivity index (χ1) is 10.5. The van der Waals surface area contributed by atoms with E-state index < -0.39 is 6.10 Å². The van der Waals surface area contributed by atoms with Gasteiger partial charge in [-0.3, -0.25) is 4.79 Å². The van der Waals surface area contributed by atoms with Crippen LogP contribution in [0.2, 0.25) is 0 Å². The highest BCUT2D eigenvalue weighted by molar-refractivity contribution is 5.76. The van der Waals surface area contributed by atoms with E-state index in [1.807, 2.05) is 56.3 Å². The van der Waals surface area contributed by atoms with Gasteiger partial charge in [0.2, 0.25) is 5.91 Å². The predicted molar refractivity (Wildman–Crippen MR) is 85.5 cm³/mol. The number of hydrogen-bond acceptors (Lipinski definition) is 3. The van der Waals surface area contributed by atoms with Gasteiger partial charge >= 0.3 is 0 Å². The molecule has 0 saturated heterocycles. The number of carbonyl (C=O) groups is 1. The maximum absolute atomic E-state index is 11.9. The van der Waals surface area contributed by atoms with Gasteiger partial charge in [0.15, 0.2) is 0 Å². The van der Waals surface area contributed by atoms with Gasteiger partial charge in [-0.1, -0.05) is 30.3 Å². The first kappa shape index (κ1) is 16.3. The van der Waals surface area contributed by atoms with Crippen molar-refractivity contribution < 1.29 is 14.3 Å². The summed E-state index contributed by atoms with van der Waals surface area (Å²) in [6, 6.07) is 13.3. The average molecular weight is 301 g/mol. The number of amides is 1. The summed E-state index contributed by atoms with van der Waals surface area (Å²) < 4.78 is 5.44. The zero-order valence-electron chi connectivity index (χ0n) is 13.1. The quantitative estimate of drug-likeness (QED) is 0.826. The van der Waals surface area contributed by atoms with E-state index in [1.54, 1.807) is 0 Å². The lowest BCUT2D eigenvalue weighted by molar-refractivity contribution is -0.122. The molecular formula is C18H23NO3. The molecule has 0 radical (unpaired) electrons. The Morgan fingerprint density at radius 1 is 1.23 bits per heavy atom. The van der Waals surface area contributed by atoms with Crippen LogP contribution in [0.3, 0.4) is 0 Å². The molecule has 22 heavy (non-hydrogen) atoms. The zero-order valence-corrected chi connectivity index (χ0v) is 13.1. The third-order valence-electron chi connectivity index (χ3n) is 3.65. The Hall–Kier alpha value is -2.07. The van der Waals surface area contributed by atoms with Crippen LogP contribution in [0.25, 0.3) is 0 Å². The number of rotatable bonds is 7. The van der Waals surface area contributed by atoms with E-state index in [0.717, 1.165) is 17.1 Å². The van der Waals surface area contributed by atoms with E-state index >= 15 is 0 Å². The first-order valence-corrected chi connectivity index (χ1v) is 7.61. The minimum absolute atomic E-state index is 0.0753. The minimum Gasteiger partial charge on any atom is -0.466 e. The zero-order chi connectivity index (χ0) is 15.9. The molecule has 0 saturated carbocycles. The molecule has 0 aliphatic rings. The van der Waals surface area contributed by atoms with Crippen molar-refractivity contribution >= 4 is 5.91 Å². The SMILES string of the molecule is Cc1ccc(CCC(=O)NC(C)C(O)Cc2ccccc2)o1. The van der Waals surface area contributed by atoms with Crippen LogP contribution in [0.1, 0.15) is 30.4 Å². The molecule has 2 aromatic rings. The van der Waals surface area contributed by atoms with Crippen molar-refractivity contribution in [3.63, 3.8) is 0 Å². The second kappa shape index (κ2) is 7.80. The lowest BCUT2D eigenvalue weighted by Crippen LogP contribution is -2.42. The molecular weight excluding hydrogens is 278 g/mol. The molecule has 0 aliphatic heterocycles. The summed E-state index contributed by atoms with van der Waals surface area (Å²) in [6.45, 7) is 3.70. The topological polar surface area (TPSA) is 62.5 Å². The van der Waals surface area contributed by atoms with Gasteiger partial charge in [-0.15, -0.1) is 0 Å². The van der Waals surface area contributed by atoms with Crippen LogP contribution in [0.15, 0.2) is 46.9 Å². The van der Waals surface area contributed by atoms with Gasteiger partial charge in [0, 0.05) is 19.3 Å². The van der Waals surface area contributed by atoms with Crippen LogP contribution in [0, 0.1) is 6.92 Å². The number of carbonyl (C=O) groups excluding carboxylic acids is 1. The van der Waals surface area contributed by atoms with Crippen molar-refractivity contribution in [2.45, 2.75) is 45.3 Å². The third kappa shape index (κ3) is 5.04. The van der Waals surface area contributed by atoms with Gasteiger partial charge in [-0.05, 0) is 31.5 Å². The highest BCUT2D eigenvalue weighted by Crippen LogP contribution is 2.09. The molecule has 2 atom stereocenters. The van der Waals surface area contributed by atoms with Gasteiger partial charge in [-0.2, -0.15) is 0 Å².